The van der Waals surface area contributed by atoms with E-state index in [0.717, 1.165) is 57.3 Å². The number of hydrogen-bond acceptors (Lipinski definition) is 2. The van der Waals surface area contributed by atoms with Gasteiger partial charge in [0, 0.05) is 32.1 Å². The highest BCUT2D eigenvalue weighted by Gasteiger charge is 2.47. The molecule has 4 rings (SSSR count). The Morgan fingerprint density at radius 2 is 1.76 bits per heavy atom. The zero-order valence-corrected chi connectivity index (χ0v) is 14.5. The SMILES string of the molecule is O=C([C@@H]1CCCN(C(=O)[C@H]2C[C@H]2c2cccc(F)c2)C1)N1CCCC1. The minimum atomic E-state index is -0.246. The number of nitrogens with zero attached hydrogens (tertiary/aromatic N) is 2. The van der Waals surface area contributed by atoms with E-state index in [1.807, 2.05) is 15.9 Å². The summed E-state index contributed by atoms with van der Waals surface area (Å²) in [4.78, 5) is 29.3. The second-order valence-electron chi connectivity index (χ2n) is 7.66. The van der Waals surface area contributed by atoms with Crippen LogP contribution in [0.1, 0.15) is 43.6 Å². The number of halogens is 1. The third-order valence-electron chi connectivity index (χ3n) is 5.88. The van der Waals surface area contributed by atoms with Gasteiger partial charge in [-0.1, -0.05) is 12.1 Å². The summed E-state index contributed by atoms with van der Waals surface area (Å²) >= 11 is 0. The van der Waals surface area contributed by atoms with Crippen LogP contribution < -0.4 is 0 Å². The molecule has 2 heterocycles. The van der Waals surface area contributed by atoms with Crippen molar-refractivity contribution in [3.05, 3.63) is 35.6 Å². The van der Waals surface area contributed by atoms with E-state index >= 15 is 0 Å². The molecule has 5 heteroatoms. The maximum atomic E-state index is 13.4. The first-order valence-electron chi connectivity index (χ1n) is 9.46. The molecule has 0 N–H and O–H groups in total. The molecule has 2 aliphatic heterocycles. The van der Waals surface area contributed by atoms with Crippen LogP contribution in [0, 0.1) is 17.7 Å². The first-order valence-corrected chi connectivity index (χ1v) is 9.46. The maximum Gasteiger partial charge on any atom is 0.227 e. The fraction of sp³-hybridized carbons (Fsp3) is 0.600. The van der Waals surface area contributed by atoms with Crippen molar-refractivity contribution in [2.45, 2.75) is 38.0 Å². The molecule has 1 saturated carbocycles. The van der Waals surface area contributed by atoms with Crippen LogP contribution in [0.3, 0.4) is 0 Å². The number of benzene rings is 1. The molecule has 1 aliphatic carbocycles. The number of likely N-dealkylation sites (tertiary alicyclic amines) is 2. The normalized spacial score (nSPS) is 28.9. The molecule has 25 heavy (non-hydrogen) atoms. The lowest BCUT2D eigenvalue weighted by Gasteiger charge is -2.34. The summed E-state index contributed by atoms with van der Waals surface area (Å²) in [6, 6.07) is 6.57. The quantitative estimate of drug-likeness (QED) is 0.846. The molecule has 1 aromatic rings. The summed E-state index contributed by atoms with van der Waals surface area (Å²) in [5, 5.41) is 0. The van der Waals surface area contributed by atoms with E-state index in [4.69, 9.17) is 0 Å². The Morgan fingerprint density at radius 1 is 1.00 bits per heavy atom. The highest BCUT2D eigenvalue weighted by Crippen LogP contribution is 2.48. The fourth-order valence-corrected chi connectivity index (χ4v) is 4.38. The van der Waals surface area contributed by atoms with Gasteiger partial charge in [-0.15, -0.1) is 0 Å². The Labute approximate surface area is 148 Å². The van der Waals surface area contributed by atoms with Crippen molar-refractivity contribution in [3.63, 3.8) is 0 Å². The van der Waals surface area contributed by atoms with Gasteiger partial charge in [-0.2, -0.15) is 0 Å². The van der Waals surface area contributed by atoms with Crippen molar-refractivity contribution >= 4 is 11.8 Å². The van der Waals surface area contributed by atoms with Gasteiger partial charge in [0.2, 0.25) is 11.8 Å². The van der Waals surface area contributed by atoms with Gasteiger partial charge < -0.3 is 9.80 Å². The summed E-state index contributed by atoms with van der Waals surface area (Å²) in [6.07, 6.45) is 4.77. The van der Waals surface area contributed by atoms with Crippen LogP contribution in [-0.2, 0) is 9.59 Å². The largest absolute Gasteiger partial charge is 0.342 e. The number of piperidine rings is 1. The molecular formula is C20H25FN2O2. The van der Waals surface area contributed by atoms with Gasteiger partial charge in [0.1, 0.15) is 5.82 Å². The molecule has 3 fully saturated rings. The van der Waals surface area contributed by atoms with Crippen LogP contribution in [0.4, 0.5) is 4.39 Å². The summed E-state index contributed by atoms with van der Waals surface area (Å²) in [7, 11) is 0. The van der Waals surface area contributed by atoms with E-state index in [1.54, 1.807) is 6.07 Å². The maximum absolute atomic E-state index is 13.4. The number of rotatable bonds is 3. The monoisotopic (exact) mass is 344 g/mol. The number of carbonyl (C=O) groups excluding carboxylic acids is 2. The van der Waals surface area contributed by atoms with Crippen LogP contribution in [-0.4, -0.2) is 47.8 Å². The molecular weight excluding hydrogens is 319 g/mol. The van der Waals surface area contributed by atoms with Crippen LogP contribution in [0.5, 0.6) is 0 Å². The molecule has 0 radical (unpaired) electrons. The summed E-state index contributed by atoms with van der Waals surface area (Å²) < 4.78 is 13.4. The van der Waals surface area contributed by atoms with Crippen molar-refractivity contribution in [1.29, 1.82) is 0 Å². The molecule has 0 aromatic heterocycles. The molecule has 0 unspecified atom stereocenters. The van der Waals surface area contributed by atoms with E-state index in [-0.39, 0.29) is 35.4 Å². The van der Waals surface area contributed by atoms with Crippen molar-refractivity contribution < 1.29 is 14.0 Å². The Balaban J connectivity index is 1.37. The predicted octanol–water partition coefficient (Wildman–Crippen LogP) is 2.79. The van der Waals surface area contributed by atoms with Gasteiger partial charge in [-0.25, -0.2) is 4.39 Å². The summed E-state index contributed by atoms with van der Waals surface area (Å²) in [5.41, 5.74) is 0.917. The Hall–Kier alpha value is -1.91. The molecule has 0 bridgehead atoms. The van der Waals surface area contributed by atoms with E-state index in [0.29, 0.717) is 6.54 Å². The lowest BCUT2D eigenvalue weighted by Crippen LogP contribution is -2.46. The third kappa shape index (κ3) is 3.42. The smallest absolute Gasteiger partial charge is 0.227 e. The van der Waals surface area contributed by atoms with Gasteiger partial charge in [-0.3, -0.25) is 9.59 Å². The lowest BCUT2D eigenvalue weighted by atomic mass is 9.96. The first-order chi connectivity index (χ1) is 12.1. The Morgan fingerprint density at radius 3 is 2.52 bits per heavy atom. The number of amides is 2. The zero-order chi connectivity index (χ0) is 17.4. The van der Waals surface area contributed by atoms with Gasteiger partial charge >= 0.3 is 0 Å². The van der Waals surface area contributed by atoms with E-state index in [1.165, 1.54) is 12.1 Å². The highest BCUT2D eigenvalue weighted by molar-refractivity contribution is 5.85. The van der Waals surface area contributed by atoms with Gasteiger partial charge in [0.05, 0.1) is 5.92 Å². The van der Waals surface area contributed by atoms with E-state index in [2.05, 4.69) is 0 Å². The van der Waals surface area contributed by atoms with Crippen LogP contribution in [0.15, 0.2) is 24.3 Å². The Bertz CT molecular complexity index is 671. The summed E-state index contributed by atoms with van der Waals surface area (Å²) in [6.45, 7) is 3.04. The molecule has 2 saturated heterocycles. The van der Waals surface area contributed by atoms with E-state index < -0.39 is 0 Å². The van der Waals surface area contributed by atoms with Crippen molar-refractivity contribution in [3.8, 4) is 0 Å². The lowest BCUT2D eigenvalue weighted by molar-refractivity contribution is -0.140. The van der Waals surface area contributed by atoms with Gasteiger partial charge in [0.25, 0.3) is 0 Å². The summed E-state index contributed by atoms with van der Waals surface area (Å²) in [5.74, 6) is 0.188. The standard InChI is InChI=1S/C20H25FN2O2/c21-16-7-3-5-14(11-16)17-12-18(17)20(25)23-10-4-6-15(13-23)19(24)22-8-1-2-9-22/h3,5,7,11,15,17-18H,1-2,4,6,8-10,12-13H2/t15-,17+,18+/m1/s1. The minimum absolute atomic E-state index is 0.0394. The van der Waals surface area contributed by atoms with Crippen molar-refractivity contribution in [2.24, 2.45) is 11.8 Å². The molecule has 1 aromatic carbocycles. The number of hydrogen-bond donors (Lipinski definition) is 0. The molecule has 0 spiro atoms. The zero-order valence-electron chi connectivity index (χ0n) is 14.5. The van der Waals surface area contributed by atoms with Crippen molar-refractivity contribution in [1.82, 2.24) is 9.80 Å². The molecule has 3 aliphatic rings. The Kier molecular flexibility index (Phi) is 4.48. The second kappa shape index (κ2) is 6.77. The van der Waals surface area contributed by atoms with Crippen LogP contribution in [0.2, 0.25) is 0 Å². The average molecular weight is 344 g/mol. The third-order valence-corrected chi connectivity index (χ3v) is 5.88. The first kappa shape index (κ1) is 16.6. The minimum Gasteiger partial charge on any atom is -0.342 e. The average Bonchev–Trinajstić information content (AvgIpc) is 3.25. The van der Waals surface area contributed by atoms with Crippen molar-refractivity contribution in [2.75, 3.05) is 26.2 Å². The van der Waals surface area contributed by atoms with Gasteiger partial charge in [0.15, 0.2) is 0 Å². The number of carbonyl (C=O) groups is 2. The highest BCUT2D eigenvalue weighted by atomic mass is 19.1. The fourth-order valence-electron chi connectivity index (χ4n) is 4.38. The predicted molar refractivity (Wildman–Crippen MR) is 92.4 cm³/mol. The van der Waals surface area contributed by atoms with E-state index in [9.17, 15) is 14.0 Å². The topological polar surface area (TPSA) is 40.6 Å². The molecule has 3 atom stereocenters. The second-order valence-corrected chi connectivity index (χ2v) is 7.66. The molecule has 134 valence electrons. The van der Waals surface area contributed by atoms with Gasteiger partial charge in [-0.05, 0) is 55.7 Å². The van der Waals surface area contributed by atoms with Crippen LogP contribution in [0.25, 0.3) is 0 Å². The molecule has 4 nitrogen and oxygen atoms in total. The van der Waals surface area contributed by atoms with Crippen LogP contribution >= 0.6 is 0 Å². The molecule has 2 amide bonds.